The van der Waals surface area contributed by atoms with Crippen molar-refractivity contribution in [2.24, 2.45) is 45.1 Å². The number of rotatable bonds is 33. The van der Waals surface area contributed by atoms with Gasteiger partial charge in [0.15, 0.2) is 24.3 Å². The fourth-order valence-electron chi connectivity index (χ4n) is 8.32. The number of piperidine rings is 1. The zero-order valence-corrected chi connectivity index (χ0v) is 40.6. The Bertz CT molecular complexity index is 1740. The topological polar surface area (TPSA) is 489 Å². The van der Waals surface area contributed by atoms with Gasteiger partial charge in [0.25, 0.3) is 0 Å². The molecule has 0 radical (unpaired) electrons. The normalized spacial score (nSPS) is 24.8. The first-order valence-electron chi connectivity index (χ1n) is 24.6. The average molecular weight is 1020 g/mol. The van der Waals surface area contributed by atoms with Gasteiger partial charge < -0.3 is 107 Å². The lowest BCUT2D eigenvalue weighted by molar-refractivity contribution is -0.198. The van der Waals surface area contributed by atoms with Crippen LogP contribution in [0.5, 0.6) is 0 Å². The van der Waals surface area contributed by atoms with Gasteiger partial charge in [0, 0.05) is 95.0 Å². The molecule has 0 unspecified atom stereocenters. The Morgan fingerprint density at radius 1 is 0.690 bits per heavy atom. The van der Waals surface area contributed by atoms with Gasteiger partial charge in [-0.1, -0.05) is 0 Å². The van der Waals surface area contributed by atoms with Crippen LogP contribution >= 0.6 is 0 Å². The van der Waals surface area contributed by atoms with E-state index < -0.39 is 91.4 Å². The van der Waals surface area contributed by atoms with Crippen LogP contribution in [0.25, 0.3) is 0 Å². The highest BCUT2D eigenvalue weighted by Crippen LogP contribution is 2.24. The van der Waals surface area contributed by atoms with Crippen molar-refractivity contribution in [3.63, 3.8) is 0 Å². The highest BCUT2D eigenvalue weighted by atomic mass is 16.6. The highest BCUT2D eigenvalue weighted by Gasteiger charge is 2.49. The predicted octanol–water partition coefficient (Wildman–Crippen LogP) is -7.30. The van der Waals surface area contributed by atoms with Crippen molar-refractivity contribution in [2.75, 3.05) is 45.9 Å². The molecule has 0 aromatic heterocycles. The molecule has 0 bridgehead atoms. The van der Waals surface area contributed by atoms with E-state index in [1.807, 2.05) is 0 Å². The summed E-state index contributed by atoms with van der Waals surface area (Å²) in [5.74, 6) is -1.82. The van der Waals surface area contributed by atoms with Crippen molar-refractivity contribution in [2.45, 2.75) is 175 Å². The molecule has 0 aliphatic carbocycles. The lowest BCUT2D eigenvalue weighted by atomic mass is 9.95. The molecule has 3 aliphatic rings. The predicted molar refractivity (Wildman–Crippen MR) is 259 cm³/mol. The molecule has 3 aliphatic heterocycles. The summed E-state index contributed by atoms with van der Waals surface area (Å²) in [5.41, 5.74) is 41.2. The maximum absolute atomic E-state index is 13.2. The van der Waals surface area contributed by atoms with Crippen LogP contribution in [0.3, 0.4) is 0 Å². The quantitative estimate of drug-likeness (QED) is 0.0272. The summed E-state index contributed by atoms with van der Waals surface area (Å²) in [6, 6.07) is -5.13. The molecule has 7 amide bonds. The first kappa shape index (κ1) is 60.3. The van der Waals surface area contributed by atoms with Gasteiger partial charge in [-0.2, -0.15) is 0 Å². The number of β-amino-alcohol motifs (C(OH)–C–C–N with tert-alkyl or cyclic N) is 1. The number of hydrogen-bond acceptors (Lipinski definition) is 21. The van der Waals surface area contributed by atoms with Crippen LogP contribution in [-0.2, 0) is 38.2 Å². The van der Waals surface area contributed by atoms with E-state index in [1.54, 1.807) is 0 Å². The summed E-state index contributed by atoms with van der Waals surface area (Å²) in [5, 5.41) is 53.7. The third-order valence-corrected chi connectivity index (χ3v) is 12.2. The third-order valence-electron chi connectivity index (χ3n) is 12.2. The maximum atomic E-state index is 13.2. The second kappa shape index (κ2) is 32.1. The Labute approximate surface area is 413 Å². The Hall–Kier alpha value is -5.04. The number of nitrogens with one attached hydrogen (secondary N) is 8. The number of amides is 7. The molecule has 0 aromatic rings. The van der Waals surface area contributed by atoms with Crippen LogP contribution in [0.2, 0.25) is 0 Å². The molecule has 28 heteroatoms. The number of ether oxygens (including phenoxy) is 2. The minimum atomic E-state index is -1.65. The number of aliphatic imine (C=N–C) groups is 1. The van der Waals surface area contributed by atoms with Crippen molar-refractivity contribution in [3.05, 3.63) is 0 Å². The summed E-state index contributed by atoms with van der Waals surface area (Å²) in [6.07, 6.45) is -2.02. The van der Waals surface area contributed by atoms with Gasteiger partial charge in [0.1, 0.15) is 18.2 Å². The van der Waals surface area contributed by atoms with Crippen LogP contribution in [0, 0.1) is 0 Å². The molecule has 71 heavy (non-hydrogen) atoms. The zero-order chi connectivity index (χ0) is 52.5. The van der Waals surface area contributed by atoms with Crippen molar-refractivity contribution in [1.29, 1.82) is 0 Å². The highest BCUT2D eigenvalue weighted by molar-refractivity contribution is 5.93. The number of guanidine groups is 1. The Kier molecular flexibility index (Phi) is 27.3. The standard InChI is InChI=1S/C43H82N16O12/c44-11-1-6-23(45)16-30(62)51-12-2-7-24(46)17-31(63)52-13-3-8-25(47)18-32(64)53-14-4-9-26(48)19-33(65)54-15-5-10-27(49)20-34(66)56-37-38(67)39(71-42(50)69)29(22-60)70-41(37)59-43-57-35-28(61)21-55-40(68)36(35)58-43/h23-29,35-39,41,60-61,67H,1-22,44-49H2,(H2,50,69)(H,51,62)(H,52,63)(H,53,64)(H,54,65)(H,55,68)(H,56,66)(H2,57,58,59)/t23-,24-,25-,26-,27-,28+,29+,35+,36-,37+,38-,39-,41+/m0/s1. The Balaban J connectivity index is 1.24. The summed E-state index contributed by atoms with van der Waals surface area (Å²) < 4.78 is 10.9. The van der Waals surface area contributed by atoms with Gasteiger partial charge in [-0.25, -0.2) is 9.79 Å². The summed E-state index contributed by atoms with van der Waals surface area (Å²) in [7, 11) is 0. The summed E-state index contributed by atoms with van der Waals surface area (Å²) in [6.45, 7) is 1.29. The number of hydrogen-bond donors (Lipinski definition) is 18. The molecule has 25 N–H and O–H groups in total. The van der Waals surface area contributed by atoms with Crippen LogP contribution in [-0.4, -0.2) is 188 Å². The van der Waals surface area contributed by atoms with Gasteiger partial charge in [0.2, 0.25) is 35.4 Å². The van der Waals surface area contributed by atoms with E-state index in [-0.39, 0.29) is 86.9 Å². The first-order valence-corrected chi connectivity index (χ1v) is 24.6. The number of primary amides is 1. The Morgan fingerprint density at radius 2 is 1.11 bits per heavy atom. The van der Waals surface area contributed by atoms with Crippen molar-refractivity contribution in [1.82, 2.24) is 42.5 Å². The molecule has 406 valence electrons. The monoisotopic (exact) mass is 1010 g/mol. The summed E-state index contributed by atoms with van der Waals surface area (Å²) >= 11 is 0. The number of aliphatic hydroxyl groups excluding tert-OH is 3. The van der Waals surface area contributed by atoms with Crippen molar-refractivity contribution < 1.29 is 58.4 Å². The first-order chi connectivity index (χ1) is 33.8. The number of fused-ring (bicyclic) bond motifs is 1. The molecule has 0 aromatic carbocycles. The second-order valence-electron chi connectivity index (χ2n) is 18.5. The van der Waals surface area contributed by atoms with E-state index in [9.17, 15) is 48.9 Å². The Morgan fingerprint density at radius 3 is 1.51 bits per heavy atom. The molecule has 3 heterocycles. The fraction of sp³-hybridized carbons (Fsp3) is 0.814. The van der Waals surface area contributed by atoms with E-state index in [2.05, 4.69) is 47.5 Å². The lowest BCUT2D eigenvalue weighted by Gasteiger charge is -2.44. The lowest BCUT2D eigenvalue weighted by Crippen LogP contribution is -2.70. The van der Waals surface area contributed by atoms with Crippen LogP contribution in [0.15, 0.2) is 4.99 Å². The van der Waals surface area contributed by atoms with Gasteiger partial charge in [-0.15, -0.1) is 0 Å². The van der Waals surface area contributed by atoms with E-state index in [0.29, 0.717) is 84.0 Å². The number of nitrogens with zero attached hydrogens (tertiary/aromatic N) is 1. The fourth-order valence-corrected chi connectivity index (χ4v) is 8.32. The van der Waals surface area contributed by atoms with Crippen LogP contribution in [0.1, 0.15) is 96.3 Å². The van der Waals surface area contributed by atoms with E-state index in [0.717, 1.165) is 6.42 Å². The molecular formula is C43H82N16O12. The molecular weight excluding hydrogens is 933 g/mol. The third kappa shape index (κ3) is 22.9. The van der Waals surface area contributed by atoms with Gasteiger partial charge in [-0.05, 0) is 70.8 Å². The average Bonchev–Trinajstić information content (AvgIpc) is 3.74. The second-order valence-corrected chi connectivity index (χ2v) is 18.5. The minimum absolute atomic E-state index is 0.00440. The number of aliphatic hydroxyl groups is 3. The molecule has 3 rings (SSSR count). The smallest absolute Gasteiger partial charge is 0.404 e. The van der Waals surface area contributed by atoms with E-state index in [1.165, 1.54) is 0 Å². The van der Waals surface area contributed by atoms with E-state index >= 15 is 0 Å². The van der Waals surface area contributed by atoms with Crippen molar-refractivity contribution in [3.8, 4) is 0 Å². The zero-order valence-electron chi connectivity index (χ0n) is 40.6. The maximum Gasteiger partial charge on any atom is 0.404 e. The number of carbonyl (C=O) groups is 7. The molecule has 2 fully saturated rings. The molecule has 13 atom stereocenters. The number of carbonyl (C=O) groups excluding carboxylic acids is 7. The van der Waals surface area contributed by atoms with Gasteiger partial charge in [-0.3, -0.25) is 28.8 Å². The molecule has 2 saturated heterocycles. The van der Waals surface area contributed by atoms with Crippen LogP contribution in [0.4, 0.5) is 4.79 Å². The van der Waals surface area contributed by atoms with Gasteiger partial charge >= 0.3 is 6.09 Å². The molecule has 0 spiro atoms. The molecule has 0 saturated carbocycles. The minimum Gasteiger partial charge on any atom is -0.441 e. The summed E-state index contributed by atoms with van der Waals surface area (Å²) in [4.78, 5) is 90.6. The van der Waals surface area contributed by atoms with Gasteiger partial charge in [0.05, 0.1) is 18.8 Å². The molecule has 28 nitrogen and oxygen atoms in total. The van der Waals surface area contributed by atoms with Crippen molar-refractivity contribution >= 4 is 47.5 Å². The number of nitrogens with two attached hydrogens (primary N) is 7. The largest absolute Gasteiger partial charge is 0.441 e. The SMILES string of the molecule is NCCC[C@H](N)CC(=O)NCCC[C@H](N)CC(=O)NCCC[C@H](N)CC(=O)NCCC[C@H](N)CC(=O)NCCC[C@H](N)CC(=O)N[C@@H]1[C@H](O)[C@@H](OC(N)=O)[C@@H](CO)O[C@H]1NC1=N[C@@H]2C(=O)NC[C@@H](O)[C@H]2N1. The van der Waals surface area contributed by atoms with E-state index in [4.69, 9.17) is 49.6 Å². The van der Waals surface area contributed by atoms with Crippen LogP contribution < -0.4 is 82.7 Å².